The summed E-state index contributed by atoms with van der Waals surface area (Å²) in [6.07, 6.45) is -7.68. The number of carbonyl (C=O) groups excluding carboxylic acids is 2. The van der Waals surface area contributed by atoms with Crippen molar-refractivity contribution in [1.29, 1.82) is 0 Å². The van der Waals surface area contributed by atoms with Gasteiger partial charge in [-0.3, -0.25) is 4.79 Å². The maximum absolute atomic E-state index is 14.9. The van der Waals surface area contributed by atoms with E-state index in [1.165, 1.54) is 24.5 Å². The van der Waals surface area contributed by atoms with Crippen LogP contribution >= 0.6 is 0 Å². The highest BCUT2D eigenvalue weighted by molar-refractivity contribution is 5.98. The number of amides is 1. The largest absolute Gasteiger partial charge is 0.491 e. The van der Waals surface area contributed by atoms with E-state index < -0.39 is 55.9 Å². The van der Waals surface area contributed by atoms with Crippen molar-refractivity contribution in [2.24, 2.45) is 0 Å². The quantitative estimate of drug-likeness (QED) is 0.209. The molecule has 5 rings (SSSR count). The fourth-order valence-electron chi connectivity index (χ4n) is 4.24. The third-order valence-electron chi connectivity index (χ3n) is 6.32. The van der Waals surface area contributed by atoms with E-state index in [0.717, 1.165) is 27.2 Å². The van der Waals surface area contributed by atoms with Crippen molar-refractivity contribution < 1.29 is 46.1 Å². The molecule has 3 heterocycles. The number of rotatable bonds is 6. The first-order chi connectivity index (χ1) is 19.4. The lowest BCUT2D eigenvalue weighted by Crippen LogP contribution is -2.55. The molecule has 4 aromatic rings. The number of hydrogen-bond donors (Lipinski definition) is 1. The minimum Gasteiger partial charge on any atom is -0.466 e. The number of aliphatic hydroxyl groups excluding tert-OH is 1. The van der Waals surface area contributed by atoms with Gasteiger partial charge in [0.15, 0.2) is 6.10 Å². The summed E-state index contributed by atoms with van der Waals surface area (Å²) in [6, 6.07) is 13.4. The Labute approximate surface area is 227 Å². The third kappa shape index (κ3) is 5.94. The van der Waals surface area contributed by atoms with Crippen LogP contribution in [0.5, 0.6) is 5.88 Å². The van der Waals surface area contributed by atoms with E-state index in [0.29, 0.717) is 5.52 Å². The molecule has 1 aliphatic rings. The number of halogens is 5. The minimum atomic E-state index is -5.37. The summed E-state index contributed by atoms with van der Waals surface area (Å²) in [7, 11) is 0. The minimum absolute atomic E-state index is 0.0316. The van der Waals surface area contributed by atoms with E-state index in [4.69, 9.17) is 4.74 Å². The second-order valence-corrected chi connectivity index (χ2v) is 9.06. The smallest absolute Gasteiger partial charge is 0.466 e. The van der Waals surface area contributed by atoms with E-state index in [9.17, 15) is 36.6 Å². The number of nitrogens with zero attached hydrogens (tertiary/aromatic N) is 5. The highest BCUT2D eigenvalue weighted by atomic mass is 19.4. The zero-order valence-electron chi connectivity index (χ0n) is 20.8. The molecule has 15 heteroatoms. The van der Waals surface area contributed by atoms with Crippen molar-refractivity contribution in [2.75, 3.05) is 13.1 Å². The highest BCUT2D eigenvalue weighted by Gasteiger charge is 2.48. The molecule has 1 amide bonds. The number of benzene rings is 2. The first kappa shape index (κ1) is 27.9. The van der Waals surface area contributed by atoms with Gasteiger partial charge in [0.1, 0.15) is 0 Å². The average Bonchev–Trinajstić information content (AvgIpc) is 3.48. The molecule has 0 spiro atoms. The van der Waals surface area contributed by atoms with Crippen LogP contribution in [0.25, 0.3) is 16.6 Å². The standard InChI is InChI=1S/C26H20F5N5O5/c27-25(28)9-12-35(14-20(25)40-21-8-6-15-3-1-2-4-18(15)34-21)22(37)17-13-16(23(38)41-24(39)26(29,30)31)5-7-19(17)36-32-10-11-33-36/h1-8,10-11,13,20,23,38H,9,12,14H2. The predicted molar refractivity (Wildman–Crippen MR) is 130 cm³/mol. The van der Waals surface area contributed by atoms with Crippen LogP contribution in [-0.4, -0.2) is 73.2 Å². The number of aromatic nitrogens is 4. The summed E-state index contributed by atoms with van der Waals surface area (Å²) >= 11 is 0. The molecule has 1 aliphatic heterocycles. The molecule has 1 saturated heterocycles. The SMILES string of the molecule is O=C(c1cc(C(O)OC(=O)C(F)(F)F)ccc1-n1nccn1)N1CCC(F)(F)C(Oc2ccc3ccccc3n2)C1. The van der Waals surface area contributed by atoms with E-state index in [2.05, 4.69) is 19.9 Å². The Kier molecular flexibility index (Phi) is 7.29. The van der Waals surface area contributed by atoms with E-state index in [1.807, 2.05) is 0 Å². The number of para-hydroxylation sites is 1. The number of alkyl halides is 5. The molecular weight excluding hydrogens is 557 g/mol. The van der Waals surface area contributed by atoms with E-state index in [1.54, 1.807) is 30.3 Å². The van der Waals surface area contributed by atoms with Crippen LogP contribution in [0.3, 0.4) is 0 Å². The Morgan fingerprint density at radius 3 is 2.51 bits per heavy atom. The van der Waals surface area contributed by atoms with Gasteiger partial charge in [0.05, 0.1) is 35.7 Å². The van der Waals surface area contributed by atoms with Crippen LogP contribution in [0.2, 0.25) is 0 Å². The molecular formula is C26H20F5N5O5. The maximum atomic E-state index is 14.9. The highest BCUT2D eigenvalue weighted by Crippen LogP contribution is 2.33. The summed E-state index contributed by atoms with van der Waals surface area (Å²) in [4.78, 5) is 31.2. The Morgan fingerprint density at radius 2 is 1.78 bits per heavy atom. The number of fused-ring (bicyclic) bond motifs is 1. The zero-order valence-corrected chi connectivity index (χ0v) is 20.8. The fraction of sp³-hybridized carbons (Fsp3) is 0.269. The van der Waals surface area contributed by atoms with Gasteiger partial charge in [-0.05, 0) is 24.3 Å². The molecule has 0 aliphatic carbocycles. The number of esters is 1. The molecule has 1 fully saturated rings. The fourth-order valence-corrected chi connectivity index (χ4v) is 4.24. The Hall–Kier alpha value is -4.66. The molecule has 0 bridgehead atoms. The molecule has 2 unspecified atom stereocenters. The predicted octanol–water partition coefficient (Wildman–Crippen LogP) is 3.84. The van der Waals surface area contributed by atoms with Crippen molar-refractivity contribution in [1.82, 2.24) is 24.9 Å². The summed E-state index contributed by atoms with van der Waals surface area (Å²) in [5.41, 5.74) is -0.0786. The van der Waals surface area contributed by atoms with Gasteiger partial charge in [0.25, 0.3) is 11.8 Å². The number of carbonyl (C=O) groups is 2. The Bertz CT molecular complexity index is 1580. The monoisotopic (exact) mass is 577 g/mol. The van der Waals surface area contributed by atoms with Crippen molar-refractivity contribution in [2.45, 2.75) is 30.9 Å². The number of aliphatic hydroxyl groups is 1. The lowest BCUT2D eigenvalue weighted by atomic mass is 10.0. The second kappa shape index (κ2) is 10.7. The van der Waals surface area contributed by atoms with Gasteiger partial charge in [-0.2, -0.15) is 28.2 Å². The zero-order chi connectivity index (χ0) is 29.4. The summed E-state index contributed by atoms with van der Waals surface area (Å²) in [6.45, 7) is -0.958. The van der Waals surface area contributed by atoms with Crippen LogP contribution in [0, 0.1) is 0 Å². The van der Waals surface area contributed by atoms with Gasteiger partial charge in [-0.1, -0.05) is 24.3 Å². The number of pyridine rings is 1. The molecule has 41 heavy (non-hydrogen) atoms. The number of piperidine rings is 1. The van der Waals surface area contributed by atoms with E-state index in [-0.39, 0.29) is 22.7 Å². The summed E-state index contributed by atoms with van der Waals surface area (Å²) < 4.78 is 77.3. The lowest BCUT2D eigenvalue weighted by molar-refractivity contribution is -0.220. The summed E-state index contributed by atoms with van der Waals surface area (Å²) in [5, 5.41) is 18.8. The van der Waals surface area contributed by atoms with Crippen LogP contribution in [0.15, 0.2) is 67.0 Å². The van der Waals surface area contributed by atoms with Gasteiger partial charge in [0.2, 0.25) is 12.2 Å². The van der Waals surface area contributed by atoms with Gasteiger partial charge in [-0.25, -0.2) is 18.6 Å². The van der Waals surface area contributed by atoms with Gasteiger partial charge < -0.3 is 19.5 Å². The Morgan fingerprint density at radius 1 is 1.05 bits per heavy atom. The molecule has 2 atom stereocenters. The molecule has 2 aromatic heterocycles. The number of ether oxygens (including phenoxy) is 2. The lowest BCUT2D eigenvalue weighted by Gasteiger charge is -2.38. The number of hydrogen-bond acceptors (Lipinski definition) is 8. The van der Waals surface area contributed by atoms with Crippen LogP contribution < -0.4 is 4.74 Å². The van der Waals surface area contributed by atoms with Crippen LogP contribution in [0.1, 0.15) is 28.6 Å². The van der Waals surface area contributed by atoms with Crippen molar-refractivity contribution in [3.05, 3.63) is 78.1 Å². The van der Waals surface area contributed by atoms with Crippen LogP contribution in [0.4, 0.5) is 22.0 Å². The molecule has 2 aromatic carbocycles. The second-order valence-electron chi connectivity index (χ2n) is 9.06. The van der Waals surface area contributed by atoms with Crippen molar-refractivity contribution in [3.8, 4) is 11.6 Å². The average molecular weight is 577 g/mol. The van der Waals surface area contributed by atoms with Gasteiger partial charge in [0, 0.05) is 30.0 Å². The molecule has 10 nitrogen and oxygen atoms in total. The van der Waals surface area contributed by atoms with Crippen LogP contribution in [-0.2, 0) is 9.53 Å². The van der Waals surface area contributed by atoms with Crippen molar-refractivity contribution >= 4 is 22.8 Å². The topological polar surface area (TPSA) is 120 Å². The molecule has 214 valence electrons. The first-order valence-corrected chi connectivity index (χ1v) is 12.1. The Balaban J connectivity index is 1.42. The van der Waals surface area contributed by atoms with Crippen molar-refractivity contribution in [3.63, 3.8) is 0 Å². The number of likely N-dealkylation sites (tertiary alicyclic amines) is 1. The first-order valence-electron chi connectivity index (χ1n) is 12.1. The molecule has 0 radical (unpaired) electrons. The molecule has 1 N–H and O–H groups in total. The maximum Gasteiger partial charge on any atom is 0.491 e. The third-order valence-corrected chi connectivity index (χ3v) is 6.32. The summed E-state index contributed by atoms with van der Waals surface area (Å²) in [5.74, 6) is -6.86. The van der Waals surface area contributed by atoms with Gasteiger partial charge in [-0.15, -0.1) is 0 Å². The van der Waals surface area contributed by atoms with Gasteiger partial charge >= 0.3 is 12.1 Å². The normalized spacial score (nSPS) is 17.7. The molecule has 0 saturated carbocycles. The van der Waals surface area contributed by atoms with E-state index >= 15 is 0 Å².